The lowest BCUT2D eigenvalue weighted by atomic mass is 10.1. The van der Waals surface area contributed by atoms with Crippen LogP contribution in [0.4, 0.5) is 0 Å². The Balaban J connectivity index is 4.82. The molecule has 0 N–H and O–H groups in total. The molecule has 0 bridgehead atoms. The molecule has 4 nitrogen and oxygen atoms in total. The predicted molar refractivity (Wildman–Crippen MR) is 42.7 cm³/mol. The number of carbonyl (C=O) groups excluding carboxylic acids is 2. The molecule has 0 aliphatic heterocycles. The number of hydrogen-bond acceptors (Lipinski definition) is 4. The number of rotatable bonds is 5. The summed E-state index contributed by atoms with van der Waals surface area (Å²) in [6, 6.07) is 0. The van der Waals surface area contributed by atoms with E-state index in [-0.39, 0.29) is 12.2 Å². The topological polar surface area (TPSA) is 52.6 Å². The smallest absolute Gasteiger partial charge is 0.289 e. The lowest BCUT2D eigenvalue weighted by Crippen LogP contribution is -2.48. The zero-order valence-electron chi connectivity index (χ0n) is 7.84. The second-order valence-corrected chi connectivity index (χ2v) is 2.36. The number of carbonyl (C=O) groups is 2. The molecule has 0 aliphatic carbocycles. The molecule has 0 unspecified atom stereocenters. The molecule has 4 heteroatoms. The van der Waals surface area contributed by atoms with E-state index in [0.29, 0.717) is 0 Å². The van der Waals surface area contributed by atoms with Crippen LogP contribution in [0.15, 0.2) is 0 Å². The third-order valence-corrected chi connectivity index (χ3v) is 1.73. The van der Waals surface area contributed by atoms with Crippen LogP contribution in [0, 0.1) is 0 Å². The van der Waals surface area contributed by atoms with E-state index in [1.807, 2.05) is 0 Å². The van der Waals surface area contributed by atoms with Gasteiger partial charge in [0.15, 0.2) is 11.6 Å². The molecule has 0 aromatic rings. The quantitative estimate of drug-likeness (QED) is 0.451. The van der Waals surface area contributed by atoms with Crippen LogP contribution in [0.5, 0.6) is 0 Å². The van der Waals surface area contributed by atoms with Gasteiger partial charge in [0, 0.05) is 27.6 Å². The average Bonchev–Trinajstić information content (AvgIpc) is 2.06. The van der Waals surface area contributed by atoms with Gasteiger partial charge in [-0.2, -0.15) is 0 Å². The summed E-state index contributed by atoms with van der Waals surface area (Å²) < 4.78 is 9.56. The van der Waals surface area contributed by atoms with Gasteiger partial charge < -0.3 is 9.47 Å². The Hall–Kier alpha value is -0.740. The highest BCUT2D eigenvalue weighted by Gasteiger charge is 2.42. The normalized spacial score (nSPS) is 11.3. The van der Waals surface area contributed by atoms with Crippen molar-refractivity contribution in [2.24, 2.45) is 0 Å². The van der Waals surface area contributed by atoms with Gasteiger partial charge in [0.05, 0.1) is 0 Å². The zero-order chi connectivity index (χ0) is 9.78. The molecule has 0 aliphatic rings. The Kier molecular flexibility index (Phi) is 4.06. The first kappa shape index (κ1) is 11.3. The Morgan fingerprint density at radius 1 is 1.25 bits per heavy atom. The van der Waals surface area contributed by atoms with Crippen molar-refractivity contribution in [1.29, 1.82) is 0 Å². The van der Waals surface area contributed by atoms with Crippen molar-refractivity contribution in [3.63, 3.8) is 0 Å². The van der Waals surface area contributed by atoms with Crippen LogP contribution in [0.25, 0.3) is 0 Å². The predicted octanol–water partition coefficient (Wildman–Crippen LogP) is 0.544. The lowest BCUT2D eigenvalue weighted by Gasteiger charge is -2.25. The first-order chi connectivity index (χ1) is 5.55. The Labute approximate surface area is 71.8 Å². The molecular weight excluding hydrogens is 160 g/mol. The first-order valence-corrected chi connectivity index (χ1v) is 3.69. The zero-order valence-corrected chi connectivity index (χ0v) is 7.84. The van der Waals surface area contributed by atoms with Gasteiger partial charge in [-0.1, -0.05) is 6.92 Å². The van der Waals surface area contributed by atoms with E-state index in [2.05, 4.69) is 0 Å². The number of Topliss-reactive ketones (excluding diaryl/α,β-unsaturated/α-hetero) is 2. The van der Waals surface area contributed by atoms with Crippen LogP contribution < -0.4 is 0 Å². The second kappa shape index (κ2) is 4.33. The standard InChI is InChI=1S/C8H14O4/c1-5-7(10)8(11-3,12-4)6(2)9/h5H2,1-4H3. The van der Waals surface area contributed by atoms with E-state index >= 15 is 0 Å². The minimum atomic E-state index is -1.69. The van der Waals surface area contributed by atoms with Crippen molar-refractivity contribution >= 4 is 11.6 Å². The van der Waals surface area contributed by atoms with Crippen molar-refractivity contribution in [3.05, 3.63) is 0 Å². The maximum Gasteiger partial charge on any atom is 0.289 e. The Morgan fingerprint density at radius 3 is 1.75 bits per heavy atom. The summed E-state index contributed by atoms with van der Waals surface area (Å²) in [5.41, 5.74) is 0. The molecule has 0 aromatic heterocycles. The van der Waals surface area contributed by atoms with Gasteiger partial charge in [-0.15, -0.1) is 0 Å². The summed E-state index contributed by atoms with van der Waals surface area (Å²) in [5.74, 6) is -2.48. The molecule has 0 heterocycles. The van der Waals surface area contributed by atoms with E-state index in [1.165, 1.54) is 21.1 Å². The molecule has 12 heavy (non-hydrogen) atoms. The maximum absolute atomic E-state index is 11.3. The van der Waals surface area contributed by atoms with Crippen LogP contribution in [0.3, 0.4) is 0 Å². The van der Waals surface area contributed by atoms with Gasteiger partial charge in [0.2, 0.25) is 0 Å². The van der Waals surface area contributed by atoms with Crippen LogP contribution in [0.2, 0.25) is 0 Å². The SMILES string of the molecule is CCC(=O)C(OC)(OC)C(C)=O. The van der Waals surface area contributed by atoms with Gasteiger partial charge in [0.1, 0.15) is 0 Å². The van der Waals surface area contributed by atoms with Crippen molar-refractivity contribution in [2.45, 2.75) is 26.1 Å². The fraction of sp³-hybridized carbons (Fsp3) is 0.750. The molecule has 0 amide bonds. The fourth-order valence-electron chi connectivity index (χ4n) is 1.03. The van der Waals surface area contributed by atoms with Crippen molar-refractivity contribution in [3.8, 4) is 0 Å². The summed E-state index contributed by atoms with van der Waals surface area (Å²) in [6.45, 7) is 2.92. The third-order valence-electron chi connectivity index (χ3n) is 1.73. The molecule has 70 valence electrons. The molecule has 0 radical (unpaired) electrons. The van der Waals surface area contributed by atoms with Gasteiger partial charge in [-0.05, 0) is 0 Å². The summed E-state index contributed by atoms with van der Waals surface area (Å²) in [7, 11) is 2.55. The average molecular weight is 174 g/mol. The van der Waals surface area contributed by atoms with Gasteiger partial charge in [-0.3, -0.25) is 9.59 Å². The van der Waals surface area contributed by atoms with Gasteiger partial charge in [-0.25, -0.2) is 0 Å². The van der Waals surface area contributed by atoms with Crippen LogP contribution in [-0.2, 0) is 19.1 Å². The van der Waals surface area contributed by atoms with Crippen LogP contribution in [0.1, 0.15) is 20.3 Å². The number of ether oxygens (including phenoxy) is 2. The third kappa shape index (κ3) is 1.70. The lowest BCUT2D eigenvalue weighted by molar-refractivity contribution is -0.205. The van der Waals surface area contributed by atoms with Crippen LogP contribution in [-0.4, -0.2) is 31.6 Å². The number of methoxy groups -OCH3 is 2. The maximum atomic E-state index is 11.3. The molecule has 0 saturated heterocycles. The largest absolute Gasteiger partial charge is 0.341 e. The molecule has 0 fully saturated rings. The Bertz CT molecular complexity index is 181. The Morgan fingerprint density at radius 2 is 1.67 bits per heavy atom. The van der Waals surface area contributed by atoms with Gasteiger partial charge in [0.25, 0.3) is 5.79 Å². The summed E-state index contributed by atoms with van der Waals surface area (Å²) in [4.78, 5) is 22.3. The summed E-state index contributed by atoms with van der Waals surface area (Å²) in [6.07, 6.45) is 0.210. The molecule has 0 spiro atoms. The number of ketones is 2. The highest BCUT2D eigenvalue weighted by molar-refractivity contribution is 6.07. The van der Waals surface area contributed by atoms with E-state index < -0.39 is 11.6 Å². The fourth-order valence-corrected chi connectivity index (χ4v) is 1.03. The van der Waals surface area contributed by atoms with Gasteiger partial charge >= 0.3 is 0 Å². The molecule has 0 saturated carbocycles. The molecule has 0 aromatic carbocycles. The number of hydrogen-bond donors (Lipinski definition) is 0. The molecule has 0 atom stereocenters. The highest BCUT2D eigenvalue weighted by atomic mass is 16.7. The van der Waals surface area contributed by atoms with Crippen molar-refractivity contribution in [1.82, 2.24) is 0 Å². The summed E-state index contributed by atoms with van der Waals surface area (Å²) in [5, 5.41) is 0. The first-order valence-electron chi connectivity index (χ1n) is 3.69. The van der Waals surface area contributed by atoms with Crippen molar-refractivity contribution < 1.29 is 19.1 Å². The van der Waals surface area contributed by atoms with E-state index in [0.717, 1.165) is 0 Å². The van der Waals surface area contributed by atoms with Crippen molar-refractivity contribution in [2.75, 3.05) is 14.2 Å². The minimum Gasteiger partial charge on any atom is -0.341 e. The second-order valence-electron chi connectivity index (χ2n) is 2.36. The summed E-state index contributed by atoms with van der Waals surface area (Å²) >= 11 is 0. The molecule has 0 rings (SSSR count). The van der Waals surface area contributed by atoms with E-state index in [9.17, 15) is 9.59 Å². The minimum absolute atomic E-state index is 0.210. The van der Waals surface area contributed by atoms with E-state index in [1.54, 1.807) is 6.92 Å². The highest BCUT2D eigenvalue weighted by Crippen LogP contribution is 2.15. The van der Waals surface area contributed by atoms with E-state index in [4.69, 9.17) is 9.47 Å². The molecular formula is C8H14O4. The monoisotopic (exact) mass is 174 g/mol. The van der Waals surface area contributed by atoms with Crippen LogP contribution >= 0.6 is 0 Å².